The van der Waals surface area contributed by atoms with Gasteiger partial charge < -0.3 is 10.1 Å². The molecule has 0 radical (unpaired) electrons. The minimum atomic E-state index is -4.71. The van der Waals surface area contributed by atoms with Gasteiger partial charge in [0.05, 0.1) is 22.4 Å². The summed E-state index contributed by atoms with van der Waals surface area (Å²) in [7, 11) is 0. The molecule has 1 N–H and O–H groups in total. The Morgan fingerprint density at radius 2 is 1.97 bits per heavy atom. The molecule has 2 aliphatic rings. The molecule has 4 rings (SSSR count). The molecule has 2 heterocycles. The highest BCUT2D eigenvalue weighted by Gasteiger charge is 2.42. The second-order valence-electron chi connectivity index (χ2n) is 8.39. The largest absolute Gasteiger partial charge is 0.459 e. The third kappa shape index (κ3) is 4.66. The highest BCUT2D eigenvalue weighted by Crippen LogP contribution is 2.47. The average molecular weight is 490 g/mol. The number of thiophene rings is 1. The van der Waals surface area contributed by atoms with E-state index in [0.29, 0.717) is 23.4 Å². The Kier molecular flexibility index (Phi) is 6.28. The molecule has 32 heavy (non-hydrogen) atoms. The number of aryl methyl sites for hydroxylation is 1. The number of ether oxygens (including phenoxy) is 1. The third-order valence-corrected chi connectivity index (χ3v) is 7.01. The number of fused-ring (bicyclic) bond motifs is 1. The zero-order valence-electron chi connectivity index (χ0n) is 17.6. The first kappa shape index (κ1) is 23.1. The summed E-state index contributed by atoms with van der Waals surface area (Å²) in [4.78, 5) is 26.6. The Balaban J connectivity index is 1.60. The molecule has 0 bridgehead atoms. The molecule has 0 spiro atoms. The van der Waals surface area contributed by atoms with Crippen LogP contribution >= 0.6 is 22.9 Å². The SMILES string of the molecule is CC(C)OC(=O)c1c(NC(=O)Cn2nc(C(F)(F)F)c(Cl)c2C2CC2)sc2c1CCCC2. The standard InChI is InChI=1S/C21H23ClF3N3O3S/c1-10(2)31-20(30)15-12-5-3-4-6-13(12)32-19(15)26-14(29)9-28-17(11-7-8-11)16(22)18(27-28)21(23,24)25/h10-11H,3-9H2,1-2H3,(H,26,29). The molecule has 0 aromatic carbocycles. The van der Waals surface area contributed by atoms with E-state index < -0.39 is 35.3 Å². The van der Waals surface area contributed by atoms with E-state index in [-0.39, 0.29) is 17.7 Å². The van der Waals surface area contributed by atoms with Crippen molar-refractivity contribution in [1.82, 2.24) is 9.78 Å². The molecule has 0 atom stereocenters. The lowest BCUT2D eigenvalue weighted by Gasteiger charge is -2.14. The summed E-state index contributed by atoms with van der Waals surface area (Å²) in [6, 6.07) is 0. The van der Waals surface area contributed by atoms with E-state index in [2.05, 4.69) is 10.4 Å². The van der Waals surface area contributed by atoms with Gasteiger partial charge in [0, 0.05) is 10.8 Å². The van der Waals surface area contributed by atoms with Crippen LogP contribution in [-0.2, 0) is 35.1 Å². The van der Waals surface area contributed by atoms with Crippen molar-refractivity contribution in [2.24, 2.45) is 0 Å². The molecule has 0 aliphatic heterocycles. The number of hydrogen-bond donors (Lipinski definition) is 1. The van der Waals surface area contributed by atoms with Crippen LogP contribution in [0.1, 0.15) is 77.6 Å². The average Bonchev–Trinajstić information content (AvgIpc) is 3.36. The normalized spacial score (nSPS) is 16.2. The van der Waals surface area contributed by atoms with Crippen LogP contribution in [0, 0.1) is 0 Å². The molecule has 1 saturated carbocycles. The lowest BCUT2D eigenvalue weighted by atomic mass is 9.95. The maximum absolute atomic E-state index is 13.3. The van der Waals surface area contributed by atoms with Gasteiger partial charge in [-0.1, -0.05) is 11.6 Å². The van der Waals surface area contributed by atoms with E-state index in [1.54, 1.807) is 13.8 Å². The summed E-state index contributed by atoms with van der Waals surface area (Å²) < 4.78 is 46.2. The molecular weight excluding hydrogens is 467 g/mol. The van der Waals surface area contributed by atoms with Gasteiger partial charge in [-0.3, -0.25) is 9.48 Å². The number of alkyl halides is 3. The second kappa shape index (κ2) is 8.70. The minimum absolute atomic E-state index is 0.135. The molecule has 11 heteroatoms. The van der Waals surface area contributed by atoms with Gasteiger partial charge in [-0.05, 0) is 57.9 Å². The van der Waals surface area contributed by atoms with Gasteiger partial charge in [-0.2, -0.15) is 18.3 Å². The second-order valence-corrected chi connectivity index (χ2v) is 9.88. The fourth-order valence-corrected chi connectivity index (χ4v) is 5.64. The van der Waals surface area contributed by atoms with E-state index >= 15 is 0 Å². The number of amides is 1. The minimum Gasteiger partial charge on any atom is -0.459 e. The van der Waals surface area contributed by atoms with Crippen molar-refractivity contribution in [3.8, 4) is 0 Å². The smallest absolute Gasteiger partial charge is 0.436 e. The van der Waals surface area contributed by atoms with Crippen LogP contribution < -0.4 is 5.32 Å². The summed E-state index contributed by atoms with van der Waals surface area (Å²) in [5.41, 5.74) is 0.298. The molecule has 1 amide bonds. The number of anilines is 1. The number of nitrogens with zero attached hydrogens (tertiary/aromatic N) is 2. The van der Waals surface area contributed by atoms with Crippen LogP contribution in [0.15, 0.2) is 0 Å². The van der Waals surface area contributed by atoms with Gasteiger partial charge in [-0.25, -0.2) is 4.79 Å². The zero-order valence-corrected chi connectivity index (χ0v) is 19.2. The highest BCUT2D eigenvalue weighted by atomic mass is 35.5. The van der Waals surface area contributed by atoms with E-state index in [1.165, 1.54) is 11.3 Å². The molecule has 1 fully saturated rings. The van der Waals surface area contributed by atoms with Crippen molar-refractivity contribution < 1.29 is 27.5 Å². The molecule has 0 unspecified atom stereocenters. The van der Waals surface area contributed by atoms with Crippen LogP contribution in [0.3, 0.4) is 0 Å². The summed E-state index contributed by atoms with van der Waals surface area (Å²) in [5, 5.41) is 6.24. The summed E-state index contributed by atoms with van der Waals surface area (Å²) >= 11 is 7.31. The number of carbonyl (C=O) groups is 2. The van der Waals surface area contributed by atoms with Gasteiger partial charge in [-0.15, -0.1) is 11.3 Å². The summed E-state index contributed by atoms with van der Waals surface area (Å²) in [6.45, 7) is 3.06. The van der Waals surface area contributed by atoms with Gasteiger partial charge >= 0.3 is 12.1 Å². The third-order valence-electron chi connectivity index (χ3n) is 5.43. The number of halogens is 4. The van der Waals surface area contributed by atoms with Crippen LogP contribution in [0.4, 0.5) is 18.2 Å². The van der Waals surface area contributed by atoms with Crippen molar-refractivity contribution in [3.63, 3.8) is 0 Å². The number of hydrogen-bond acceptors (Lipinski definition) is 5. The number of rotatable bonds is 6. The van der Waals surface area contributed by atoms with Crippen molar-refractivity contribution in [2.45, 2.75) is 77.1 Å². The Labute approximate surface area is 192 Å². The van der Waals surface area contributed by atoms with E-state index in [9.17, 15) is 22.8 Å². The maximum atomic E-state index is 13.3. The molecule has 2 aliphatic carbocycles. The number of carbonyl (C=O) groups excluding carboxylic acids is 2. The Morgan fingerprint density at radius 1 is 1.28 bits per heavy atom. The summed E-state index contributed by atoms with van der Waals surface area (Å²) in [6.07, 6.45) is -0.152. The van der Waals surface area contributed by atoms with Gasteiger partial charge in [0.1, 0.15) is 11.5 Å². The monoisotopic (exact) mass is 489 g/mol. The van der Waals surface area contributed by atoms with Crippen molar-refractivity contribution in [3.05, 3.63) is 32.4 Å². The van der Waals surface area contributed by atoms with Gasteiger partial charge in [0.25, 0.3) is 0 Å². The zero-order chi connectivity index (χ0) is 23.2. The predicted octanol–water partition coefficient (Wildman–Crippen LogP) is 5.58. The molecule has 174 valence electrons. The van der Waals surface area contributed by atoms with Crippen LogP contribution in [-0.4, -0.2) is 27.8 Å². The van der Waals surface area contributed by atoms with Crippen molar-refractivity contribution >= 4 is 39.8 Å². The van der Waals surface area contributed by atoms with Crippen LogP contribution in [0.5, 0.6) is 0 Å². The Morgan fingerprint density at radius 3 is 2.59 bits per heavy atom. The fraction of sp³-hybridized carbons (Fsp3) is 0.571. The first-order valence-electron chi connectivity index (χ1n) is 10.5. The van der Waals surface area contributed by atoms with E-state index in [0.717, 1.165) is 40.8 Å². The molecule has 0 saturated heterocycles. The number of aromatic nitrogens is 2. The van der Waals surface area contributed by atoms with E-state index in [4.69, 9.17) is 16.3 Å². The molecule has 2 aromatic rings. The topological polar surface area (TPSA) is 73.2 Å². The maximum Gasteiger partial charge on any atom is 0.436 e. The van der Waals surface area contributed by atoms with Gasteiger partial charge in [0.2, 0.25) is 5.91 Å². The quantitative estimate of drug-likeness (QED) is 0.538. The number of esters is 1. The Bertz CT molecular complexity index is 1060. The molecule has 2 aromatic heterocycles. The number of nitrogens with one attached hydrogen (secondary N) is 1. The van der Waals surface area contributed by atoms with Crippen LogP contribution in [0.25, 0.3) is 0 Å². The Hall–Kier alpha value is -2.07. The van der Waals surface area contributed by atoms with E-state index in [1.807, 2.05) is 0 Å². The first-order valence-corrected chi connectivity index (χ1v) is 11.7. The van der Waals surface area contributed by atoms with Gasteiger partial charge in [0.15, 0.2) is 5.69 Å². The fourth-order valence-electron chi connectivity index (χ4n) is 3.95. The molecule has 6 nitrogen and oxygen atoms in total. The van der Waals surface area contributed by atoms with Crippen molar-refractivity contribution in [1.29, 1.82) is 0 Å². The first-order chi connectivity index (χ1) is 15.1. The summed E-state index contributed by atoms with van der Waals surface area (Å²) in [5.74, 6) is -1.21. The van der Waals surface area contributed by atoms with Crippen molar-refractivity contribution in [2.75, 3.05) is 5.32 Å². The van der Waals surface area contributed by atoms with Crippen LogP contribution in [0.2, 0.25) is 5.02 Å². The predicted molar refractivity (Wildman–Crippen MR) is 114 cm³/mol. The lowest BCUT2D eigenvalue weighted by molar-refractivity contribution is -0.141. The highest BCUT2D eigenvalue weighted by molar-refractivity contribution is 7.17. The lowest BCUT2D eigenvalue weighted by Crippen LogP contribution is -2.22. The molecular formula is C21H23ClF3N3O3S.